The van der Waals surface area contributed by atoms with Crippen molar-refractivity contribution in [2.75, 3.05) is 7.05 Å². The Kier molecular flexibility index (Phi) is 3.69. The van der Waals surface area contributed by atoms with Crippen molar-refractivity contribution in [1.29, 1.82) is 0 Å². The van der Waals surface area contributed by atoms with Gasteiger partial charge in [0.25, 0.3) is 0 Å². The van der Waals surface area contributed by atoms with Crippen molar-refractivity contribution in [3.63, 3.8) is 0 Å². The maximum atomic E-state index is 10.6. The summed E-state index contributed by atoms with van der Waals surface area (Å²) in [5.74, 6) is -0.0344. The summed E-state index contributed by atoms with van der Waals surface area (Å²) >= 11 is 0. The Hall–Kier alpha value is -0.860. The summed E-state index contributed by atoms with van der Waals surface area (Å²) in [6.45, 7) is 5.40. The molecule has 0 N–H and O–H groups in total. The monoisotopic (exact) mass is 142 g/mol. The quantitative estimate of drug-likeness (QED) is 0.422. The summed E-state index contributed by atoms with van der Waals surface area (Å²) in [7, 11) is 1.65. The first-order valence-corrected chi connectivity index (χ1v) is 3.36. The molecule has 0 saturated heterocycles. The van der Waals surface area contributed by atoms with Gasteiger partial charge in [0.15, 0.2) is 0 Å². The summed E-state index contributed by atoms with van der Waals surface area (Å²) in [6, 6.07) is 0. The molecule has 0 fully saturated rings. The van der Waals surface area contributed by atoms with Crippen LogP contribution in [0.2, 0.25) is 0 Å². The van der Waals surface area contributed by atoms with E-state index in [2.05, 4.69) is 5.10 Å². The van der Waals surface area contributed by atoms with E-state index < -0.39 is 0 Å². The molecule has 10 heavy (non-hydrogen) atoms. The third kappa shape index (κ3) is 3.22. The van der Waals surface area contributed by atoms with Crippen LogP contribution < -0.4 is 0 Å². The number of nitrogens with zero attached hydrogens (tertiary/aromatic N) is 2. The Balaban J connectivity index is 3.99. The highest BCUT2D eigenvalue weighted by Crippen LogP contribution is 1.89. The fraction of sp³-hybridized carbons (Fsp3) is 0.714. The molecular formula is C7H14N2O. The molecule has 0 rings (SSSR count). The fourth-order valence-electron chi connectivity index (χ4n) is 0.397. The average molecular weight is 142 g/mol. The van der Waals surface area contributed by atoms with Crippen molar-refractivity contribution in [2.24, 2.45) is 5.10 Å². The number of carbonyl (C=O) groups excluding carboxylic acids is 1. The zero-order valence-corrected chi connectivity index (χ0v) is 7.01. The van der Waals surface area contributed by atoms with Gasteiger partial charge < -0.3 is 0 Å². The Morgan fingerprint density at radius 1 is 1.50 bits per heavy atom. The second-order valence-electron chi connectivity index (χ2n) is 2.23. The zero-order chi connectivity index (χ0) is 8.15. The van der Waals surface area contributed by atoms with Crippen LogP contribution in [0.5, 0.6) is 0 Å². The van der Waals surface area contributed by atoms with Crippen LogP contribution in [0, 0.1) is 0 Å². The molecule has 0 aliphatic heterocycles. The molecule has 0 bridgehead atoms. The molecule has 3 heteroatoms. The summed E-state index contributed by atoms with van der Waals surface area (Å²) < 4.78 is 0. The van der Waals surface area contributed by atoms with Crippen LogP contribution in [0.4, 0.5) is 0 Å². The van der Waals surface area contributed by atoms with Crippen molar-refractivity contribution in [1.82, 2.24) is 5.01 Å². The topological polar surface area (TPSA) is 32.7 Å². The highest BCUT2D eigenvalue weighted by atomic mass is 16.2. The van der Waals surface area contributed by atoms with Gasteiger partial charge in [-0.25, -0.2) is 5.01 Å². The van der Waals surface area contributed by atoms with Gasteiger partial charge in [0.05, 0.1) is 0 Å². The molecule has 0 radical (unpaired) electrons. The van der Waals surface area contributed by atoms with Crippen LogP contribution in [0.25, 0.3) is 0 Å². The molecule has 0 unspecified atom stereocenters. The first-order chi connectivity index (χ1) is 4.57. The third-order valence-corrected chi connectivity index (χ3v) is 1.29. The predicted molar refractivity (Wildman–Crippen MR) is 41.8 cm³/mol. The molecule has 0 aromatic heterocycles. The van der Waals surface area contributed by atoms with E-state index in [0.717, 1.165) is 12.1 Å². The van der Waals surface area contributed by atoms with Gasteiger partial charge >= 0.3 is 0 Å². The minimum atomic E-state index is -0.0344. The normalized spacial score (nSPS) is 11.4. The summed E-state index contributed by atoms with van der Waals surface area (Å²) in [6.07, 6.45) is 0.887. The zero-order valence-electron chi connectivity index (χ0n) is 7.01. The van der Waals surface area contributed by atoms with Crippen LogP contribution in [0.3, 0.4) is 0 Å². The second kappa shape index (κ2) is 4.04. The van der Waals surface area contributed by atoms with E-state index in [0.29, 0.717) is 0 Å². The molecule has 0 saturated carbocycles. The van der Waals surface area contributed by atoms with E-state index in [1.54, 1.807) is 7.05 Å². The molecule has 1 amide bonds. The number of hydrogen-bond acceptors (Lipinski definition) is 2. The SMILES string of the molecule is CCC(C)=NN(C)C(C)=O. The van der Waals surface area contributed by atoms with Crippen LogP contribution in [0.15, 0.2) is 5.10 Å². The molecule has 0 aromatic rings. The summed E-state index contributed by atoms with van der Waals surface area (Å²) in [5, 5.41) is 5.34. The maximum Gasteiger partial charge on any atom is 0.239 e. The number of rotatable bonds is 2. The van der Waals surface area contributed by atoms with Gasteiger partial charge in [0.1, 0.15) is 0 Å². The lowest BCUT2D eigenvalue weighted by Crippen LogP contribution is -2.18. The first-order valence-electron chi connectivity index (χ1n) is 3.36. The lowest BCUT2D eigenvalue weighted by molar-refractivity contribution is -0.127. The molecule has 0 heterocycles. The summed E-state index contributed by atoms with van der Waals surface area (Å²) in [4.78, 5) is 10.6. The number of hydrogen-bond donors (Lipinski definition) is 0. The van der Waals surface area contributed by atoms with Crippen molar-refractivity contribution >= 4 is 11.6 Å². The molecule has 0 atom stereocenters. The van der Waals surface area contributed by atoms with E-state index in [4.69, 9.17) is 0 Å². The number of carbonyl (C=O) groups is 1. The van der Waals surface area contributed by atoms with Crippen LogP contribution in [-0.4, -0.2) is 23.7 Å². The van der Waals surface area contributed by atoms with Crippen molar-refractivity contribution in [2.45, 2.75) is 27.2 Å². The third-order valence-electron chi connectivity index (χ3n) is 1.29. The second-order valence-corrected chi connectivity index (χ2v) is 2.23. The Labute approximate surface area is 61.7 Å². The lowest BCUT2D eigenvalue weighted by atomic mass is 10.3. The van der Waals surface area contributed by atoms with Crippen LogP contribution in [-0.2, 0) is 4.79 Å². The highest BCUT2D eigenvalue weighted by molar-refractivity contribution is 5.83. The maximum absolute atomic E-state index is 10.6. The van der Waals surface area contributed by atoms with Crippen molar-refractivity contribution in [3.8, 4) is 0 Å². The summed E-state index contributed by atoms with van der Waals surface area (Å²) in [5.41, 5.74) is 0.970. The molecule has 3 nitrogen and oxygen atoms in total. The van der Waals surface area contributed by atoms with Gasteiger partial charge in [0.2, 0.25) is 5.91 Å². The minimum Gasteiger partial charge on any atom is -0.273 e. The van der Waals surface area contributed by atoms with E-state index in [1.165, 1.54) is 11.9 Å². The van der Waals surface area contributed by atoms with E-state index in [-0.39, 0.29) is 5.91 Å². The Bertz CT molecular complexity index is 152. The minimum absolute atomic E-state index is 0.0344. The van der Waals surface area contributed by atoms with E-state index >= 15 is 0 Å². The number of amides is 1. The first kappa shape index (κ1) is 9.14. The molecule has 0 aliphatic rings. The fourth-order valence-corrected chi connectivity index (χ4v) is 0.397. The number of hydrazone groups is 1. The standard InChI is InChI=1S/C7H14N2O/c1-5-6(2)8-9(4)7(3)10/h5H2,1-4H3. The van der Waals surface area contributed by atoms with Gasteiger partial charge in [-0.2, -0.15) is 5.10 Å². The van der Waals surface area contributed by atoms with E-state index in [1.807, 2.05) is 13.8 Å². The lowest BCUT2D eigenvalue weighted by Gasteiger charge is -2.07. The Morgan fingerprint density at radius 2 is 2.00 bits per heavy atom. The predicted octanol–water partition coefficient (Wildman–Crippen LogP) is 1.25. The molecule has 0 aliphatic carbocycles. The van der Waals surface area contributed by atoms with Gasteiger partial charge in [-0.05, 0) is 13.3 Å². The van der Waals surface area contributed by atoms with Gasteiger partial charge in [-0.3, -0.25) is 4.79 Å². The van der Waals surface area contributed by atoms with Crippen molar-refractivity contribution < 1.29 is 4.79 Å². The molecule has 58 valence electrons. The molecule has 0 spiro atoms. The van der Waals surface area contributed by atoms with Crippen molar-refractivity contribution in [3.05, 3.63) is 0 Å². The van der Waals surface area contributed by atoms with Gasteiger partial charge in [0, 0.05) is 19.7 Å². The molecular weight excluding hydrogens is 128 g/mol. The smallest absolute Gasteiger partial charge is 0.239 e. The van der Waals surface area contributed by atoms with E-state index in [9.17, 15) is 4.79 Å². The Morgan fingerprint density at radius 3 is 2.30 bits per heavy atom. The molecule has 0 aromatic carbocycles. The average Bonchev–Trinajstić information content (AvgIpc) is 1.87. The van der Waals surface area contributed by atoms with Gasteiger partial charge in [-0.1, -0.05) is 6.92 Å². The van der Waals surface area contributed by atoms with Crippen LogP contribution >= 0.6 is 0 Å². The van der Waals surface area contributed by atoms with Crippen LogP contribution in [0.1, 0.15) is 27.2 Å². The van der Waals surface area contributed by atoms with Gasteiger partial charge in [-0.15, -0.1) is 0 Å². The highest BCUT2D eigenvalue weighted by Gasteiger charge is 1.97. The largest absolute Gasteiger partial charge is 0.273 e.